The lowest BCUT2D eigenvalue weighted by Gasteiger charge is -2.18. The predicted molar refractivity (Wildman–Crippen MR) is 178 cm³/mol. The molecule has 254 valence electrons. The molecule has 0 aliphatic carbocycles. The lowest BCUT2D eigenvalue weighted by Crippen LogP contribution is -2.30. The number of ether oxygens (including phenoxy) is 3. The number of carbonyl (C=O) groups excluding carboxylic acids is 3. The molecule has 43 heavy (non-hydrogen) atoms. The first-order valence-corrected chi connectivity index (χ1v) is 18.4. The number of hydrogen-bond acceptors (Lipinski definition) is 6. The highest BCUT2D eigenvalue weighted by Gasteiger charge is 2.19. The summed E-state index contributed by atoms with van der Waals surface area (Å²) in [5.74, 6) is -0.0696. The molecule has 0 radical (unpaired) electrons. The number of esters is 3. The first-order chi connectivity index (χ1) is 20.9. The highest BCUT2D eigenvalue weighted by molar-refractivity contribution is 5.71. The van der Waals surface area contributed by atoms with Gasteiger partial charge < -0.3 is 14.2 Å². The minimum Gasteiger partial charge on any atom is -0.462 e. The minimum atomic E-state index is -0.754. The van der Waals surface area contributed by atoms with Crippen LogP contribution in [0.4, 0.5) is 0 Å². The highest BCUT2D eigenvalue weighted by atomic mass is 16.6. The van der Waals surface area contributed by atoms with Crippen molar-refractivity contribution in [3.63, 3.8) is 0 Å². The summed E-state index contributed by atoms with van der Waals surface area (Å²) in [6, 6.07) is 0. The van der Waals surface area contributed by atoms with Crippen LogP contribution in [0.25, 0.3) is 0 Å². The van der Waals surface area contributed by atoms with E-state index in [1.165, 1.54) is 83.5 Å². The van der Waals surface area contributed by atoms with Crippen molar-refractivity contribution >= 4 is 17.9 Å². The highest BCUT2D eigenvalue weighted by Crippen LogP contribution is 2.15. The van der Waals surface area contributed by atoms with Gasteiger partial charge in [0, 0.05) is 19.3 Å². The van der Waals surface area contributed by atoms with Crippen LogP contribution in [-0.2, 0) is 28.6 Å². The molecule has 0 amide bonds. The summed E-state index contributed by atoms with van der Waals surface area (Å²) in [4.78, 5) is 37.0. The third-order valence-electron chi connectivity index (χ3n) is 8.04. The van der Waals surface area contributed by atoms with Gasteiger partial charge in [-0.25, -0.2) is 0 Å². The molecule has 0 N–H and O–H groups in total. The summed E-state index contributed by atoms with van der Waals surface area (Å²) in [6.07, 6.45) is 27.0. The zero-order valence-corrected chi connectivity index (χ0v) is 28.9. The molecule has 6 heteroatoms. The smallest absolute Gasteiger partial charge is 0.306 e. The van der Waals surface area contributed by atoms with Gasteiger partial charge in [0.15, 0.2) is 6.10 Å². The summed E-state index contributed by atoms with van der Waals surface area (Å²) >= 11 is 0. The molecule has 0 rings (SSSR count). The molecule has 0 aliphatic heterocycles. The van der Waals surface area contributed by atoms with E-state index in [9.17, 15) is 14.4 Å². The first kappa shape index (κ1) is 41.4. The molecule has 0 aromatic heterocycles. The molecule has 0 aliphatic rings. The Kier molecular flexibility index (Phi) is 30.6. The summed E-state index contributed by atoms with van der Waals surface area (Å²) in [5, 5.41) is 0. The quantitative estimate of drug-likeness (QED) is 0.0428. The second-order valence-electron chi connectivity index (χ2n) is 13.0. The molecule has 0 bridgehead atoms. The van der Waals surface area contributed by atoms with Gasteiger partial charge in [-0.15, -0.1) is 0 Å². The van der Waals surface area contributed by atoms with Crippen molar-refractivity contribution in [2.75, 3.05) is 13.2 Å². The fourth-order valence-corrected chi connectivity index (χ4v) is 5.21. The number of rotatable bonds is 32. The molecule has 0 aromatic rings. The molecule has 0 spiro atoms. The van der Waals surface area contributed by atoms with Crippen molar-refractivity contribution in [2.45, 2.75) is 201 Å². The third-order valence-corrected chi connectivity index (χ3v) is 8.04. The van der Waals surface area contributed by atoms with Gasteiger partial charge in [-0.05, 0) is 25.2 Å². The maximum absolute atomic E-state index is 12.5. The van der Waals surface area contributed by atoms with Crippen molar-refractivity contribution in [3.8, 4) is 0 Å². The van der Waals surface area contributed by atoms with E-state index in [-0.39, 0.29) is 31.1 Å². The Morgan fingerprint density at radius 3 is 1.14 bits per heavy atom. The van der Waals surface area contributed by atoms with Gasteiger partial charge in [0.05, 0.1) is 0 Å². The number of unbranched alkanes of at least 4 members (excludes halogenated alkanes) is 19. The average Bonchev–Trinajstić information content (AvgIpc) is 2.98. The molecule has 0 fully saturated rings. The summed E-state index contributed by atoms with van der Waals surface area (Å²) in [5.41, 5.74) is 0. The third kappa shape index (κ3) is 31.6. The Labute approximate surface area is 266 Å². The van der Waals surface area contributed by atoms with Crippen LogP contribution in [0.3, 0.4) is 0 Å². The maximum atomic E-state index is 12.5. The lowest BCUT2D eigenvalue weighted by atomic mass is 10.0. The van der Waals surface area contributed by atoms with Gasteiger partial charge in [-0.3, -0.25) is 14.4 Å². The zero-order valence-electron chi connectivity index (χ0n) is 28.9. The van der Waals surface area contributed by atoms with Crippen LogP contribution >= 0.6 is 0 Å². The van der Waals surface area contributed by atoms with E-state index >= 15 is 0 Å². The van der Waals surface area contributed by atoms with E-state index in [1.807, 2.05) is 0 Å². The van der Waals surface area contributed by atoms with E-state index in [4.69, 9.17) is 14.2 Å². The van der Waals surface area contributed by atoms with Crippen LogP contribution in [0.15, 0.2) is 0 Å². The molecule has 1 atom stereocenters. The van der Waals surface area contributed by atoms with E-state index in [0.29, 0.717) is 19.3 Å². The normalized spacial score (nSPS) is 11.9. The summed E-state index contributed by atoms with van der Waals surface area (Å²) in [7, 11) is 0. The van der Waals surface area contributed by atoms with Gasteiger partial charge in [-0.1, -0.05) is 156 Å². The van der Waals surface area contributed by atoms with Gasteiger partial charge in [-0.2, -0.15) is 0 Å². The van der Waals surface area contributed by atoms with Crippen molar-refractivity contribution in [2.24, 2.45) is 5.92 Å². The van der Waals surface area contributed by atoms with E-state index in [1.54, 1.807) is 0 Å². The Morgan fingerprint density at radius 1 is 0.442 bits per heavy atom. The zero-order chi connectivity index (χ0) is 31.8. The van der Waals surface area contributed by atoms with Crippen LogP contribution < -0.4 is 0 Å². The van der Waals surface area contributed by atoms with Crippen molar-refractivity contribution in [3.05, 3.63) is 0 Å². The molecule has 6 nitrogen and oxygen atoms in total. The van der Waals surface area contributed by atoms with Crippen LogP contribution in [-0.4, -0.2) is 37.2 Å². The van der Waals surface area contributed by atoms with Crippen LogP contribution in [0.5, 0.6) is 0 Å². The number of hydrogen-bond donors (Lipinski definition) is 0. The van der Waals surface area contributed by atoms with Crippen LogP contribution in [0.1, 0.15) is 195 Å². The van der Waals surface area contributed by atoms with E-state index in [2.05, 4.69) is 27.7 Å². The topological polar surface area (TPSA) is 78.9 Å². The lowest BCUT2D eigenvalue weighted by molar-refractivity contribution is -0.167. The molecule has 0 heterocycles. The maximum Gasteiger partial charge on any atom is 0.306 e. The SMILES string of the molecule is CCCCCCCCCC(=O)O[C@H](COC(=O)CCCCCCC)COC(=O)CCCCCCCCCCCCC(C)C. The molecular weight excluding hydrogens is 540 g/mol. The van der Waals surface area contributed by atoms with Gasteiger partial charge in [0.2, 0.25) is 0 Å². The Bertz CT molecular complexity index is 647. The van der Waals surface area contributed by atoms with Crippen molar-refractivity contribution < 1.29 is 28.6 Å². The molecular formula is C37H70O6. The fourth-order valence-electron chi connectivity index (χ4n) is 5.21. The first-order valence-electron chi connectivity index (χ1n) is 18.4. The Morgan fingerprint density at radius 2 is 0.767 bits per heavy atom. The second kappa shape index (κ2) is 31.8. The molecule has 0 unspecified atom stereocenters. The van der Waals surface area contributed by atoms with Gasteiger partial charge >= 0.3 is 17.9 Å². The standard InChI is InChI=1S/C37H70O6/c1-5-7-9-11-16-22-26-30-37(40)43-34(31-41-35(38)28-24-19-10-8-6-2)32-42-36(39)29-25-21-18-15-13-12-14-17-20-23-27-33(3)4/h33-34H,5-32H2,1-4H3/t34-/m1/s1. The second-order valence-corrected chi connectivity index (χ2v) is 13.0. The number of carbonyl (C=O) groups is 3. The summed E-state index contributed by atoms with van der Waals surface area (Å²) in [6.45, 7) is 8.82. The average molecular weight is 611 g/mol. The van der Waals surface area contributed by atoms with Gasteiger partial charge in [0.1, 0.15) is 13.2 Å². The monoisotopic (exact) mass is 611 g/mol. The van der Waals surface area contributed by atoms with Crippen molar-refractivity contribution in [1.29, 1.82) is 0 Å². The fraction of sp³-hybridized carbons (Fsp3) is 0.919. The summed E-state index contributed by atoms with van der Waals surface area (Å²) < 4.78 is 16.4. The molecule has 0 aromatic carbocycles. The Balaban J connectivity index is 4.22. The van der Waals surface area contributed by atoms with Crippen LogP contribution in [0, 0.1) is 5.92 Å². The largest absolute Gasteiger partial charge is 0.462 e. The molecule has 0 saturated carbocycles. The van der Waals surface area contributed by atoms with E-state index < -0.39 is 6.10 Å². The Hall–Kier alpha value is -1.59. The minimum absolute atomic E-state index is 0.0669. The van der Waals surface area contributed by atoms with Crippen molar-refractivity contribution in [1.82, 2.24) is 0 Å². The van der Waals surface area contributed by atoms with Crippen LogP contribution in [0.2, 0.25) is 0 Å². The van der Waals surface area contributed by atoms with E-state index in [0.717, 1.165) is 70.1 Å². The predicted octanol–water partition coefficient (Wildman–Crippen LogP) is 10.8. The molecule has 0 saturated heterocycles. The van der Waals surface area contributed by atoms with Gasteiger partial charge in [0.25, 0.3) is 0 Å².